The van der Waals surface area contributed by atoms with Crippen molar-refractivity contribution in [2.45, 2.75) is 18.7 Å². The van der Waals surface area contributed by atoms with Crippen LogP contribution in [-0.4, -0.2) is 34.5 Å². The summed E-state index contributed by atoms with van der Waals surface area (Å²) in [6, 6.07) is 9.18. The zero-order valence-electron chi connectivity index (χ0n) is 15.6. The van der Waals surface area contributed by atoms with Gasteiger partial charge in [0.2, 0.25) is 0 Å². The molecule has 0 bridgehead atoms. The van der Waals surface area contributed by atoms with E-state index < -0.39 is 41.5 Å². The lowest BCUT2D eigenvalue weighted by Gasteiger charge is -2.23. The minimum atomic E-state index is -4.91. The van der Waals surface area contributed by atoms with Crippen LogP contribution in [0.15, 0.2) is 59.5 Å². The molecule has 0 spiro atoms. The molecule has 0 fully saturated rings. The lowest BCUT2D eigenvalue weighted by atomic mass is 9.97. The first-order valence-electron chi connectivity index (χ1n) is 8.44. The normalized spacial score (nSPS) is 18.4. The molecule has 7 nitrogen and oxygen atoms in total. The molecule has 2 atom stereocenters. The maximum atomic E-state index is 13.1. The van der Waals surface area contributed by atoms with Crippen LogP contribution >= 0.6 is 0 Å². The summed E-state index contributed by atoms with van der Waals surface area (Å²) in [5, 5.41) is 40.0. The minimum Gasteiger partial charge on any atom is -0.511 e. The third kappa shape index (κ3) is 5.40. The van der Waals surface area contributed by atoms with Gasteiger partial charge in [0.15, 0.2) is 5.60 Å². The molecule has 10 heteroatoms. The van der Waals surface area contributed by atoms with Gasteiger partial charge in [-0.1, -0.05) is 0 Å². The summed E-state index contributed by atoms with van der Waals surface area (Å²) in [6.45, 7) is 0.625. The Balaban J connectivity index is 2.12. The standard InChI is InChI=1S/C20H16F3N3O4/c1-19(29,11-30-15-6-2-12(9-24)3-7-15)18(28)26-14-5-4-13(10-25)17(16(27)8-14)20(21,22)23/h2-8,17,27,29H,11H2,1H3,(H,26,28)/t17?,19-/m0/s1. The molecule has 0 saturated heterocycles. The van der Waals surface area contributed by atoms with E-state index >= 15 is 0 Å². The fourth-order valence-electron chi connectivity index (χ4n) is 2.43. The number of nitriles is 2. The highest BCUT2D eigenvalue weighted by Crippen LogP contribution is 2.37. The molecule has 0 aliphatic heterocycles. The van der Waals surface area contributed by atoms with E-state index in [-0.39, 0.29) is 11.4 Å². The molecule has 1 amide bonds. The van der Waals surface area contributed by atoms with Gasteiger partial charge in [0.05, 0.1) is 17.7 Å². The minimum absolute atomic E-state index is 0.254. The van der Waals surface area contributed by atoms with E-state index in [1.165, 1.54) is 30.3 Å². The number of benzene rings is 1. The average molecular weight is 419 g/mol. The number of ether oxygens (including phenoxy) is 1. The smallest absolute Gasteiger partial charge is 0.403 e. The number of halogens is 3. The van der Waals surface area contributed by atoms with Crippen LogP contribution in [0.25, 0.3) is 0 Å². The number of aliphatic hydroxyl groups excluding tert-OH is 1. The third-order valence-corrected chi connectivity index (χ3v) is 4.06. The van der Waals surface area contributed by atoms with Gasteiger partial charge in [0.1, 0.15) is 24.0 Å². The van der Waals surface area contributed by atoms with Gasteiger partial charge >= 0.3 is 6.18 Å². The summed E-state index contributed by atoms with van der Waals surface area (Å²) in [5.74, 6) is -4.42. The summed E-state index contributed by atoms with van der Waals surface area (Å²) < 4.78 is 44.7. The Morgan fingerprint density at radius 3 is 2.37 bits per heavy atom. The Bertz CT molecular complexity index is 994. The molecule has 0 heterocycles. The Labute approximate surface area is 169 Å². The zero-order valence-corrected chi connectivity index (χ0v) is 15.6. The number of allylic oxidation sites excluding steroid dienone is 4. The van der Waals surface area contributed by atoms with E-state index in [0.717, 1.165) is 19.1 Å². The molecule has 0 saturated carbocycles. The third-order valence-electron chi connectivity index (χ3n) is 4.06. The second-order valence-corrected chi connectivity index (χ2v) is 6.55. The molecule has 30 heavy (non-hydrogen) atoms. The van der Waals surface area contributed by atoms with Gasteiger partial charge in [-0.2, -0.15) is 23.7 Å². The van der Waals surface area contributed by atoms with Crippen molar-refractivity contribution in [3.8, 4) is 17.9 Å². The second kappa shape index (κ2) is 8.72. The lowest BCUT2D eigenvalue weighted by Crippen LogP contribution is -2.48. The average Bonchev–Trinajstić information content (AvgIpc) is 2.84. The van der Waals surface area contributed by atoms with Crippen LogP contribution in [0, 0.1) is 28.6 Å². The molecular formula is C20H16F3N3O4. The number of carbonyl (C=O) groups is 1. The number of carbonyl (C=O) groups excluding carboxylic acids is 1. The highest BCUT2D eigenvalue weighted by molar-refractivity contribution is 5.86. The van der Waals surface area contributed by atoms with Crippen LogP contribution in [0.5, 0.6) is 5.75 Å². The van der Waals surface area contributed by atoms with Gasteiger partial charge in [0, 0.05) is 17.3 Å². The van der Waals surface area contributed by atoms with Crippen molar-refractivity contribution in [1.82, 2.24) is 5.32 Å². The number of hydrogen-bond acceptors (Lipinski definition) is 6. The van der Waals surface area contributed by atoms with Gasteiger partial charge in [-0.3, -0.25) is 4.79 Å². The van der Waals surface area contributed by atoms with Crippen LogP contribution in [-0.2, 0) is 4.79 Å². The van der Waals surface area contributed by atoms with E-state index in [9.17, 15) is 28.2 Å². The van der Waals surface area contributed by atoms with Crippen LogP contribution in [0.4, 0.5) is 13.2 Å². The largest absolute Gasteiger partial charge is 0.511 e. The Kier molecular flexibility index (Phi) is 6.55. The van der Waals surface area contributed by atoms with Gasteiger partial charge in [-0.15, -0.1) is 0 Å². The van der Waals surface area contributed by atoms with Crippen LogP contribution in [0.2, 0.25) is 0 Å². The van der Waals surface area contributed by atoms with E-state index in [2.05, 4.69) is 5.32 Å². The predicted octanol–water partition coefficient (Wildman–Crippen LogP) is 2.77. The zero-order chi connectivity index (χ0) is 22.5. The molecule has 3 N–H and O–H groups in total. The first-order valence-corrected chi connectivity index (χ1v) is 8.44. The summed E-state index contributed by atoms with van der Waals surface area (Å²) in [7, 11) is 0. The number of amides is 1. The van der Waals surface area contributed by atoms with Crippen molar-refractivity contribution in [3.63, 3.8) is 0 Å². The van der Waals surface area contributed by atoms with E-state index in [4.69, 9.17) is 15.3 Å². The summed E-state index contributed by atoms with van der Waals surface area (Å²) >= 11 is 0. The van der Waals surface area contributed by atoms with Crippen LogP contribution in [0.3, 0.4) is 0 Å². The van der Waals surface area contributed by atoms with Crippen molar-refractivity contribution in [2.75, 3.05) is 6.61 Å². The molecule has 156 valence electrons. The SMILES string of the molecule is C[C@](O)(COc1ccc(C#N)cc1)C(=O)NC1=CC=C(C#N)C(C(F)(F)F)C(O)=C1. The summed E-state index contributed by atoms with van der Waals surface area (Å²) in [5.41, 5.74) is -2.71. The first kappa shape index (κ1) is 22.5. The quantitative estimate of drug-likeness (QED) is 0.674. The number of alkyl halides is 3. The van der Waals surface area contributed by atoms with E-state index in [1.54, 1.807) is 0 Å². The Hall–Kier alpha value is -3.76. The second-order valence-electron chi connectivity index (χ2n) is 6.55. The Morgan fingerprint density at radius 2 is 1.83 bits per heavy atom. The van der Waals surface area contributed by atoms with Gasteiger partial charge in [-0.25, -0.2) is 0 Å². The van der Waals surface area contributed by atoms with Gasteiger partial charge in [0.25, 0.3) is 5.91 Å². The summed E-state index contributed by atoms with van der Waals surface area (Å²) in [4.78, 5) is 12.4. The van der Waals surface area contributed by atoms with Gasteiger partial charge in [-0.05, 0) is 43.3 Å². The Morgan fingerprint density at radius 1 is 1.20 bits per heavy atom. The predicted molar refractivity (Wildman–Crippen MR) is 97.5 cm³/mol. The van der Waals surface area contributed by atoms with Crippen molar-refractivity contribution < 1.29 is 32.9 Å². The topological polar surface area (TPSA) is 126 Å². The number of nitrogens with one attached hydrogen (secondary N) is 1. The molecule has 1 aliphatic carbocycles. The lowest BCUT2D eigenvalue weighted by molar-refractivity contribution is -0.159. The van der Waals surface area contributed by atoms with Crippen molar-refractivity contribution in [1.29, 1.82) is 10.5 Å². The molecule has 1 aromatic rings. The fraction of sp³-hybridized carbons (Fsp3) is 0.250. The van der Waals surface area contributed by atoms with Crippen LogP contribution in [0.1, 0.15) is 12.5 Å². The van der Waals surface area contributed by atoms with E-state index in [0.29, 0.717) is 11.6 Å². The number of hydrogen-bond donors (Lipinski definition) is 3. The molecule has 1 aliphatic rings. The van der Waals surface area contributed by atoms with Crippen molar-refractivity contribution in [2.24, 2.45) is 5.92 Å². The molecule has 1 aromatic carbocycles. The van der Waals surface area contributed by atoms with Crippen molar-refractivity contribution in [3.05, 3.63) is 65.1 Å². The molecule has 1 unspecified atom stereocenters. The molecule has 0 radical (unpaired) electrons. The van der Waals surface area contributed by atoms with Crippen molar-refractivity contribution >= 4 is 5.91 Å². The van der Waals surface area contributed by atoms with E-state index in [1.807, 2.05) is 6.07 Å². The number of rotatable bonds is 5. The van der Waals surface area contributed by atoms with Crippen LogP contribution < -0.4 is 10.1 Å². The summed E-state index contributed by atoms with van der Waals surface area (Å²) in [6.07, 6.45) is -2.41. The molecule has 2 rings (SSSR count). The highest BCUT2D eigenvalue weighted by Gasteiger charge is 2.45. The maximum Gasteiger partial charge on any atom is 0.403 e. The number of nitrogens with zero attached hydrogens (tertiary/aromatic N) is 2. The van der Waals surface area contributed by atoms with Gasteiger partial charge < -0.3 is 20.3 Å². The fourth-order valence-corrected chi connectivity index (χ4v) is 2.43. The monoisotopic (exact) mass is 419 g/mol. The molecular weight excluding hydrogens is 403 g/mol. The highest BCUT2D eigenvalue weighted by atomic mass is 19.4. The number of aliphatic hydroxyl groups is 2. The molecule has 0 aromatic heterocycles. The first-order chi connectivity index (χ1) is 14.0. The maximum absolute atomic E-state index is 13.1.